The van der Waals surface area contributed by atoms with Gasteiger partial charge in [-0.15, -0.1) is 11.8 Å². The molecule has 2 aromatic rings. The molecular weight excluding hydrogens is 304 g/mol. The molecule has 2 aromatic carbocycles. The molecule has 0 aliphatic heterocycles. The molecular formula is C17H17F2NOS. The average molecular weight is 321 g/mol. The zero-order valence-electron chi connectivity index (χ0n) is 12.0. The number of benzene rings is 2. The molecule has 0 bridgehead atoms. The monoisotopic (exact) mass is 321 g/mol. The third kappa shape index (κ3) is 5.85. The number of hydrogen-bond donors (Lipinski definition) is 1. The Hall–Kier alpha value is -1.88. The SMILES string of the molecule is O=C(CSCc1cccc(F)c1)NCCc1ccc(F)cc1. The van der Waals surface area contributed by atoms with Crippen LogP contribution in [0.5, 0.6) is 0 Å². The number of hydrogen-bond acceptors (Lipinski definition) is 2. The van der Waals surface area contributed by atoms with Gasteiger partial charge < -0.3 is 5.32 Å². The maximum Gasteiger partial charge on any atom is 0.230 e. The van der Waals surface area contributed by atoms with Crippen molar-refractivity contribution in [1.29, 1.82) is 0 Å². The summed E-state index contributed by atoms with van der Waals surface area (Å²) in [7, 11) is 0. The van der Waals surface area contributed by atoms with Crippen LogP contribution in [0.25, 0.3) is 0 Å². The highest BCUT2D eigenvalue weighted by Gasteiger charge is 2.03. The lowest BCUT2D eigenvalue weighted by Gasteiger charge is -2.06. The Morgan fingerprint density at radius 2 is 1.77 bits per heavy atom. The predicted octanol–water partition coefficient (Wildman–Crippen LogP) is 3.56. The van der Waals surface area contributed by atoms with Crippen molar-refractivity contribution in [3.8, 4) is 0 Å². The van der Waals surface area contributed by atoms with Crippen LogP contribution in [0.15, 0.2) is 48.5 Å². The van der Waals surface area contributed by atoms with Gasteiger partial charge in [-0.2, -0.15) is 0 Å². The maximum atomic E-state index is 13.0. The molecule has 22 heavy (non-hydrogen) atoms. The average Bonchev–Trinajstić information content (AvgIpc) is 2.49. The highest BCUT2D eigenvalue weighted by atomic mass is 32.2. The van der Waals surface area contributed by atoms with Gasteiger partial charge in [0.25, 0.3) is 0 Å². The molecule has 0 radical (unpaired) electrons. The molecule has 116 valence electrons. The molecule has 0 saturated carbocycles. The topological polar surface area (TPSA) is 29.1 Å². The smallest absolute Gasteiger partial charge is 0.230 e. The normalized spacial score (nSPS) is 10.5. The minimum absolute atomic E-state index is 0.0523. The molecule has 0 atom stereocenters. The lowest BCUT2D eigenvalue weighted by molar-refractivity contribution is -0.118. The molecule has 5 heteroatoms. The summed E-state index contributed by atoms with van der Waals surface area (Å²) in [5, 5.41) is 2.82. The fourth-order valence-electron chi connectivity index (χ4n) is 1.94. The van der Waals surface area contributed by atoms with Crippen LogP contribution in [0.1, 0.15) is 11.1 Å². The van der Waals surface area contributed by atoms with Crippen molar-refractivity contribution in [2.75, 3.05) is 12.3 Å². The van der Waals surface area contributed by atoms with Crippen LogP contribution < -0.4 is 5.32 Å². The number of nitrogens with one attached hydrogen (secondary N) is 1. The first-order valence-electron chi connectivity index (χ1n) is 6.97. The Morgan fingerprint density at radius 3 is 2.50 bits per heavy atom. The molecule has 1 amide bonds. The van der Waals surface area contributed by atoms with Crippen molar-refractivity contribution < 1.29 is 13.6 Å². The van der Waals surface area contributed by atoms with Crippen molar-refractivity contribution >= 4 is 17.7 Å². The molecule has 0 unspecified atom stereocenters. The number of rotatable bonds is 7. The van der Waals surface area contributed by atoms with Gasteiger partial charge in [-0.25, -0.2) is 8.78 Å². The molecule has 0 saturated heterocycles. The van der Waals surface area contributed by atoms with E-state index in [1.165, 1.54) is 36.0 Å². The van der Waals surface area contributed by atoms with Crippen molar-refractivity contribution in [2.24, 2.45) is 0 Å². The highest BCUT2D eigenvalue weighted by molar-refractivity contribution is 7.99. The van der Waals surface area contributed by atoms with Gasteiger partial charge in [0, 0.05) is 12.3 Å². The number of amides is 1. The van der Waals surface area contributed by atoms with Crippen molar-refractivity contribution in [1.82, 2.24) is 5.32 Å². The summed E-state index contributed by atoms with van der Waals surface area (Å²) in [5.74, 6) is 0.357. The Morgan fingerprint density at radius 1 is 1.00 bits per heavy atom. The summed E-state index contributed by atoms with van der Waals surface area (Å²) in [6.07, 6.45) is 0.667. The van der Waals surface area contributed by atoms with Crippen LogP contribution in [-0.2, 0) is 17.0 Å². The van der Waals surface area contributed by atoms with Gasteiger partial charge in [0.2, 0.25) is 5.91 Å². The molecule has 0 spiro atoms. The van der Waals surface area contributed by atoms with Crippen LogP contribution in [0.2, 0.25) is 0 Å². The van der Waals surface area contributed by atoms with E-state index in [0.29, 0.717) is 24.5 Å². The number of carbonyl (C=O) groups is 1. The number of carbonyl (C=O) groups excluding carboxylic acids is 1. The highest BCUT2D eigenvalue weighted by Crippen LogP contribution is 2.12. The van der Waals surface area contributed by atoms with Gasteiger partial charge in [0.05, 0.1) is 5.75 Å². The first kappa shape index (κ1) is 16.5. The largest absolute Gasteiger partial charge is 0.355 e. The van der Waals surface area contributed by atoms with Crippen molar-refractivity contribution in [2.45, 2.75) is 12.2 Å². The van der Waals surface area contributed by atoms with E-state index in [0.717, 1.165) is 11.1 Å². The zero-order chi connectivity index (χ0) is 15.8. The van der Waals surface area contributed by atoms with E-state index in [9.17, 15) is 13.6 Å². The molecule has 0 fully saturated rings. The van der Waals surface area contributed by atoms with Crippen LogP contribution in [0.3, 0.4) is 0 Å². The van der Waals surface area contributed by atoms with Gasteiger partial charge >= 0.3 is 0 Å². The van der Waals surface area contributed by atoms with Gasteiger partial charge in [0.1, 0.15) is 11.6 Å². The predicted molar refractivity (Wildman–Crippen MR) is 85.7 cm³/mol. The first-order valence-corrected chi connectivity index (χ1v) is 8.12. The summed E-state index contributed by atoms with van der Waals surface area (Å²) in [6, 6.07) is 12.6. The molecule has 0 aromatic heterocycles. The minimum Gasteiger partial charge on any atom is -0.355 e. The number of thioether (sulfide) groups is 1. The van der Waals surface area contributed by atoms with E-state index in [1.54, 1.807) is 18.2 Å². The van der Waals surface area contributed by atoms with Gasteiger partial charge in [-0.1, -0.05) is 24.3 Å². The quantitative estimate of drug-likeness (QED) is 0.845. The molecule has 0 heterocycles. The lowest BCUT2D eigenvalue weighted by Crippen LogP contribution is -2.27. The first-order chi connectivity index (χ1) is 10.6. The van der Waals surface area contributed by atoms with Gasteiger partial charge in [-0.05, 0) is 41.8 Å². The Bertz CT molecular complexity index is 616. The fraction of sp³-hybridized carbons (Fsp3) is 0.235. The summed E-state index contributed by atoms with van der Waals surface area (Å²) >= 11 is 1.44. The van der Waals surface area contributed by atoms with E-state index in [1.807, 2.05) is 6.07 Å². The summed E-state index contributed by atoms with van der Waals surface area (Å²) in [5.41, 5.74) is 1.85. The molecule has 2 nitrogen and oxygen atoms in total. The van der Waals surface area contributed by atoms with Crippen molar-refractivity contribution in [3.05, 3.63) is 71.3 Å². The maximum absolute atomic E-state index is 13.0. The summed E-state index contributed by atoms with van der Waals surface area (Å²) < 4.78 is 25.7. The number of halogens is 2. The van der Waals surface area contributed by atoms with Gasteiger partial charge in [-0.3, -0.25) is 4.79 Å². The van der Waals surface area contributed by atoms with Crippen LogP contribution in [0.4, 0.5) is 8.78 Å². The third-order valence-electron chi connectivity index (χ3n) is 3.04. The molecule has 0 aliphatic rings. The Kier molecular flexibility index (Phi) is 6.40. The molecule has 2 rings (SSSR count). The van der Waals surface area contributed by atoms with E-state index in [4.69, 9.17) is 0 Å². The second-order valence-corrected chi connectivity index (χ2v) is 5.83. The standard InChI is InChI=1S/C17H17F2NOS/c18-15-6-4-13(5-7-15)8-9-20-17(21)12-22-11-14-2-1-3-16(19)10-14/h1-7,10H,8-9,11-12H2,(H,20,21). The van der Waals surface area contributed by atoms with Crippen LogP contribution >= 0.6 is 11.8 Å². The van der Waals surface area contributed by atoms with Gasteiger partial charge in [0.15, 0.2) is 0 Å². The Labute approximate surface area is 132 Å². The molecule has 1 N–H and O–H groups in total. The van der Waals surface area contributed by atoms with Crippen LogP contribution in [0, 0.1) is 11.6 Å². The van der Waals surface area contributed by atoms with E-state index in [2.05, 4.69) is 5.32 Å². The lowest BCUT2D eigenvalue weighted by atomic mass is 10.1. The van der Waals surface area contributed by atoms with Crippen molar-refractivity contribution in [3.63, 3.8) is 0 Å². The Balaban J connectivity index is 1.62. The second kappa shape index (κ2) is 8.54. The van der Waals surface area contributed by atoms with E-state index < -0.39 is 0 Å². The van der Waals surface area contributed by atoms with E-state index >= 15 is 0 Å². The zero-order valence-corrected chi connectivity index (χ0v) is 12.8. The minimum atomic E-state index is -0.262. The second-order valence-electron chi connectivity index (χ2n) is 4.85. The third-order valence-corrected chi connectivity index (χ3v) is 4.04. The fourth-order valence-corrected chi connectivity index (χ4v) is 2.74. The van der Waals surface area contributed by atoms with E-state index in [-0.39, 0.29) is 17.5 Å². The molecule has 0 aliphatic carbocycles. The summed E-state index contributed by atoms with van der Waals surface area (Å²) in [6.45, 7) is 0.519. The van der Waals surface area contributed by atoms with Crippen LogP contribution in [-0.4, -0.2) is 18.2 Å². The summed E-state index contributed by atoms with van der Waals surface area (Å²) in [4.78, 5) is 11.7.